The van der Waals surface area contributed by atoms with E-state index in [2.05, 4.69) is 27.9 Å². The maximum absolute atomic E-state index is 5.32. The zero-order valence-electron chi connectivity index (χ0n) is 7.15. The van der Waals surface area contributed by atoms with Crippen LogP contribution in [0.15, 0.2) is 0 Å². The summed E-state index contributed by atoms with van der Waals surface area (Å²) >= 11 is 0. The van der Waals surface area contributed by atoms with Gasteiger partial charge in [0.05, 0.1) is 20.6 Å². The first-order chi connectivity index (χ1) is 4.02. The summed E-state index contributed by atoms with van der Waals surface area (Å²) < 4.78 is 6.30. The highest BCUT2D eigenvalue weighted by Gasteiger charge is 2.53. The molecule has 0 bridgehead atoms. The van der Waals surface area contributed by atoms with Crippen LogP contribution in [0.5, 0.6) is 0 Å². The highest BCUT2D eigenvalue weighted by atomic mass is 35.5. The maximum atomic E-state index is 5.32. The van der Waals surface area contributed by atoms with Crippen molar-refractivity contribution in [1.29, 1.82) is 0 Å². The standard InChI is InChI=1S/C7H16NO.ClH/c1-5-8(3,4)7(2)6-9-7;/h5-6H2,1-4H3;1H/q+1;/p-1. The van der Waals surface area contributed by atoms with Crippen molar-refractivity contribution in [2.24, 2.45) is 0 Å². The summed E-state index contributed by atoms with van der Waals surface area (Å²) in [5.74, 6) is 0. The Balaban J connectivity index is 0.000000810. The van der Waals surface area contributed by atoms with Crippen LogP contribution in [0.2, 0.25) is 0 Å². The molecule has 0 spiro atoms. The van der Waals surface area contributed by atoms with Gasteiger partial charge < -0.3 is 17.1 Å². The van der Waals surface area contributed by atoms with E-state index in [9.17, 15) is 0 Å². The molecule has 0 amide bonds. The Bertz CT molecular complexity index is 121. The second-order valence-electron chi connectivity index (χ2n) is 3.46. The third kappa shape index (κ3) is 1.44. The van der Waals surface area contributed by atoms with Crippen LogP contribution < -0.4 is 12.4 Å². The SMILES string of the molecule is CC[N+](C)(C)C1(C)CO1.[Cl-]. The van der Waals surface area contributed by atoms with Crippen molar-refractivity contribution in [2.45, 2.75) is 19.6 Å². The van der Waals surface area contributed by atoms with Crippen LogP contribution in [-0.4, -0.2) is 37.5 Å². The van der Waals surface area contributed by atoms with Crippen LogP contribution in [-0.2, 0) is 4.74 Å². The van der Waals surface area contributed by atoms with Gasteiger partial charge in [-0.25, -0.2) is 0 Å². The number of quaternary nitrogens is 1. The Kier molecular flexibility index (Phi) is 2.74. The van der Waals surface area contributed by atoms with Gasteiger partial charge in [0.15, 0.2) is 0 Å². The number of likely N-dealkylation sites (N-methyl/N-ethyl adjacent to an activating group) is 1. The van der Waals surface area contributed by atoms with Crippen molar-refractivity contribution in [1.82, 2.24) is 0 Å². The summed E-state index contributed by atoms with van der Waals surface area (Å²) in [6.07, 6.45) is 0. The third-order valence-corrected chi connectivity index (χ3v) is 2.63. The third-order valence-electron chi connectivity index (χ3n) is 2.63. The van der Waals surface area contributed by atoms with Gasteiger partial charge in [-0.05, 0) is 6.92 Å². The van der Waals surface area contributed by atoms with E-state index in [-0.39, 0.29) is 18.1 Å². The minimum Gasteiger partial charge on any atom is -1.00 e. The van der Waals surface area contributed by atoms with Crippen LogP contribution in [0.4, 0.5) is 0 Å². The van der Waals surface area contributed by atoms with Crippen LogP contribution >= 0.6 is 0 Å². The zero-order chi connectivity index (χ0) is 7.12. The van der Waals surface area contributed by atoms with Gasteiger partial charge in [0.2, 0.25) is 5.72 Å². The molecule has 0 saturated carbocycles. The maximum Gasteiger partial charge on any atom is 0.224 e. The van der Waals surface area contributed by atoms with Gasteiger partial charge in [-0.3, -0.25) is 4.48 Å². The molecular formula is C7H16ClNO. The smallest absolute Gasteiger partial charge is 0.224 e. The number of ether oxygens (including phenoxy) is 1. The summed E-state index contributed by atoms with van der Waals surface area (Å²) in [5.41, 5.74) is 0.134. The van der Waals surface area contributed by atoms with Crippen molar-refractivity contribution in [3.05, 3.63) is 0 Å². The molecule has 62 valence electrons. The van der Waals surface area contributed by atoms with Crippen molar-refractivity contribution in [3.63, 3.8) is 0 Å². The Labute approximate surface area is 69.2 Å². The zero-order valence-corrected chi connectivity index (χ0v) is 7.90. The van der Waals surface area contributed by atoms with E-state index in [1.54, 1.807) is 0 Å². The van der Waals surface area contributed by atoms with E-state index in [1.165, 1.54) is 0 Å². The molecule has 0 radical (unpaired) electrons. The summed E-state index contributed by atoms with van der Waals surface area (Å²) in [6, 6.07) is 0. The summed E-state index contributed by atoms with van der Waals surface area (Å²) in [7, 11) is 4.40. The first kappa shape index (κ1) is 10.2. The van der Waals surface area contributed by atoms with Crippen molar-refractivity contribution < 1.29 is 21.6 Å². The van der Waals surface area contributed by atoms with Crippen molar-refractivity contribution in [2.75, 3.05) is 27.2 Å². The second-order valence-corrected chi connectivity index (χ2v) is 3.46. The lowest BCUT2D eigenvalue weighted by atomic mass is 10.3. The Hall–Kier alpha value is 0.210. The molecule has 1 aliphatic rings. The fourth-order valence-corrected chi connectivity index (χ4v) is 0.788. The van der Waals surface area contributed by atoms with Crippen molar-refractivity contribution in [3.8, 4) is 0 Å². The average molecular weight is 166 g/mol. The molecule has 0 aromatic rings. The molecule has 3 heteroatoms. The Morgan fingerprint density at radius 1 is 1.50 bits per heavy atom. The molecule has 1 rings (SSSR count). The molecule has 10 heavy (non-hydrogen) atoms. The number of rotatable bonds is 2. The largest absolute Gasteiger partial charge is 1.00 e. The number of hydrogen-bond acceptors (Lipinski definition) is 1. The minimum atomic E-state index is 0. The highest BCUT2D eigenvalue weighted by molar-refractivity contribution is 4.75. The number of hydrogen-bond donors (Lipinski definition) is 0. The molecule has 1 atom stereocenters. The van der Waals surface area contributed by atoms with Gasteiger partial charge >= 0.3 is 0 Å². The molecule has 1 saturated heterocycles. The fraction of sp³-hybridized carbons (Fsp3) is 1.00. The molecule has 0 aromatic heterocycles. The van der Waals surface area contributed by atoms with E-state index in [4.69, 9.17) is 4.74 Å². The predicted molar refractivity (Wildman–Crippen MR) is 37.0 cm³/mol. The van der Waals surface area contributed by atoms with Gasteiger partial charge in [-0.2, -0.15) is 0 Å². The molecular weight excluding hydrogens is 150 g/mol. The lowest BCUT2D eigenvalue weighted by molar-refractivity contribution is -0.933. The van der Waals surface area contributed by atoms with Crippen LogP contribution in [0, 0.1) is 0 Å². The summed E-state index contributed by atoms with van der Waals surface area (Å²) in [5, 5.41) is 0. The fourth-order valence-electron chi connectivity index (χ4n) is 0.788. The molecule has 1 unspecified atom stereocenters. The monoisotopic (exact) mass is 165 g/mol. The van der Waals surface area contributed by atoms with Crippen LogP contribution in [0.3, 0.4) is 0 Å². The topological polar surface area (TPSA) is 12.5 Å². The minimum absolute atomic E-state index is 0. The molecule has 0 N–H and O–H groups in total. The highest BCUT2D eigenvalue weighted by Crippen LogP contribution is 2.33. The van der Waals surface area contributed by atoms with E-state index in [0.29, 0.717) is 0 Å². The first-order valence-corrected chi connectivity index (χ1v) is 3.49. The Morgan fingerprint density at radius 3 is 2.00 bits per heavy atom. The van der Waals surface area contributed by atoms with Gasteiger partial charge in [0.25, 0.3) is 0 Å². The van der Waals surface area contributed by atoms with Gasteiger partial charge in [0, 0.05) is 6.92 Å². The van der Waals surface area contributed by atoms with E-state index in [0.717, 1.165) is 17.6 Å². The lowest BCUT2D eigenvalue weighted by Gasteiger charge is -2.32. The number of nitrogens with zero attached hydrogens (tertiary/aromatic N) is 1. The van der Waals surface area contributed by atoms with E-state index >= 15 is 0 Å². The van der Waals surface area contributed by atoms with E-state index < -0.39 is 0 Å². The molecule has 0 aliphatic carbocycles. The predicted octanol–water partition coefficient (Wildman–Crippen LogP) is -2.17. The quantitative estimate of drug-likeness (QED) is 0.335. The van der Waals surface area contributed by atoms with Gasteiger partial charge in [0.1, 0.15) is 6.61 Å². The molecule has 1 heterocycles. The summed E-state index contributed by atoms with van der Waals surface area (Å²) in [4.78, 5) is 0. The van der Waals surface area contributed by atoms with Crippen LogP contribution in [0.25, 0.3) is 0 Å². The lowest BCUT2D eigenvalue weighted by Crippen LogP contribution is -3.00. The van der Waals surface area contributed by atoms with Crippen LogP contribution in [0.1, 0.15) is 13.8 Å². The second kappa shape index (κ2) is 2.68. The van der Waals surface area contributed by atoms with Crippen molar-refractivity contribution >= 4 is 0 Å². The first-order valence-electron chi connectivity index (χ1n) is 3.49. The summed E-state index contributed by atoms with van der Waals surface area (Å²) in [6.45, 7) is 6.41. The molecule has 2 nitrogen and oxygen atoms in total. The van der Waals surface area contributed by atoms with E-state index in [1.807, 2.05) is 0 Å². The average Bonchev–Trinajstić information content (AvgIpc) is 2.49. The Morgan fingerprint density at radius 2 is 1.90 bits per heavy atom. The van der Waals surface area contributed by atoms with Gasteiger partial charge in [-0.15, -0.1) is 0 Å². The molecule has 0 aromatic carbocycles. The number of epoxide rings is 1. The number of halogens is 1. The normalized spacial score (nSPS) is 31.2. The molecule has 1 aliphatic heterocycles. The van der Waals surface area contributed by atoms with Gasteiger partial charge in [-0.1, -0.05) is 0 Å². The molecule has 1 fully saturated rings.